The van der Waals surface area contributed by atoms with Gasteiger partial charge in [-0.1, -0.05) is 24.3 Å². The van der Waals surface area contributed by atoms with Crippen molar-refractivity contribution in [3.63, 3.8) is 0 Å². The van der Waals surface area contributed by atoms with Gasteiger partial charge in [0, 0.05) is 56.3 Å². The lowest BCUT2D eigenvalue weighted by atomic mass is 9.69. The van der Waals surface area contributed by atoms with Crippen LogP contribution in [0, 0.1) is 6.92 Å². The number of anilines is 1. The van der Waals surface area contributed by atoms with Crippen molar-refractivity contribution in [1.29, 1.82) is 0 Å². The van der Waals surface area contributed by atoms with Crippen molar-refractivity contribution in [2.75, 3.05) is 24.5 Å². The summed E-state index contributed by atoms with van der Waals surface area (Å²) in [6.45, 7) is 7.11. The Morgan fingerprint density at radius 2 is 1.79 bits per heavy atom. The third kappa shape index (κ3) is 3.53. The number of benzene rings is 1. The lowest BCUT2D eigenvalue weighted by Gasteiger charge is -2.48. The highest BCUT2D eigenvalue weighted by Gasteiger charge is 2.42. The molecule has 4 heterocycles. The van der Waals surface area contributed by atoms with Crippen molar-refractivity contribution < 1.29 is 0 Å². The van der Waals surface area contributed by atoms with Gasteiger partial charge in [0.25, 0.3) is 0 Å². The molecule has 1 fully saturated rings. The van der Waals surface area contributed by atoms with Crippen molar-refractivity contribution in [2.45, 2.75) is 38.3 Å². The van der Waals surface area contributed by atoms with Crippen LogP contribution in [0.3, 0.4) is 0 Å². The molecule has 1 aromatic carbocycles. The van der Waals surface area contributed by atoms with Crippen LogP contribution in [0.4, 0.5) is 5.95 Å². The summed E-state index contributed by atoms with van der Waals surface area (Å²) < 4.78 is 1.89. The fraction of sp³-hybridized carbons (Fsp3) is 0.435. The zero-order valence-electron chi connectivity index (χ0n) is 17.3. The highest BCUT2D eigenvalue weighted by Crippen LogP contribution is 2.42. The van der Waals surface area contributed by atoms with Crippen molar-refractivity contribution in [3.05, 3.63) is 71.3 Å². The van der Waals surface area contributed by atoms with E-state index in [2.05, 4.69) is 55.3 Å². The molecule has 2 aliphatic rings. The van der Waals surface area contributed by atoms with Crippen LogP contribution in [0.5, 0.6) is 0 Å². The molecule has 1 saturated heterocycles. The molecule has 0 saturated carbocycles. The first-order valence-corrected chi connectivity index (χ1v) is 10.4. The number of aromatic nitrogens is 4. The average Bonchev–Trinajstić information content (AvgIpc) is 3.15. The molecule has 150 valence electrons. The molecule has 0 atom stereocenters. The summed E-state index contributed by atoms with van der Waals surface area (Å²) in [5.41, 5.74) is 5.52. The molecule has 0 N–H and O–H groups in total. The maximum absolute atomic E-state index is 4.62. The normalized spacial score (nSPS) is 18.8. The van der Waals surface area contributed by atoms with E-state index < -0.39 is 0 Å². The predicted molar refractivity (Wildman–Crippen MR) is 114 cm³/mol. The third-order valence-electron chi connectivity index (χ3n) is 6.47. The molecule has 0 bridgehead atoms. The van der Waals surface area contributed by atoms with E-state index >= 15 is 0 Å². The Labute approximate surface area is 172 Å². The average molecular weight is 389 g/mol. The first kappa shape index (κ1) is 18.3. The monoisotopic (exact) mass is 388 g/mol. The number of nitrogens with zero attached hydrogens (tertiary/aromatic N) is 6. The number of fused-ring (bicyclic) bond motifs is 2. The Morgan fingerprint density at radius 1 is 1.03 bits per heavy atom. The Bertz CT molecular complexity index is 985. The van der Waals surface area contributed by atoms with E-state index in [1.807, 2.05) is 37.2 Å². The van der Waals surface area contributed by atoms with Crippen LogP contribution in [0.15, 0.2) is 49.1 Å². The number of rotatable bonds is 3. The van der Waals surface area contributed by atoms with Gasteiger partial charge >= 0.3 is 0 Å². The molecule has 0 radical (unpaired) electrons. The standard InChI is InChI=1S/C23H28N6/c1-18-11-24-22(25-12-18)29-16-20-5-3-4-6-21(20)23(17-29)7-9-28(10-8-23)15-19-13-26-27(2)14-19/h3-6,11-14H,7-10,15-17H2,1-2H3. The maximum Gasteiger partial charge on any atom is 0.225 e. The van der Waals surface area contributed by atoms with Gasteiger partial charge in [-0.05, 0) is 49.5 Å². The van der Waals surface area contributed by atoms with Gasteiger partial charge in [-0.2, -0.15) is 5.10 Å². The Kier molecular flexibility index (Phi) is 4.59. The fourth-order valence-electron chi connectivity index (χ4n) is 4.96. The number of likely N-dealkylation sites (tertiary alicyclic amines) is 1. The zero-order valence-corrected chi connectivity index (χ0v) is 17.3. The third-order valence-corrected chi connectivity index (χ3v) is 6.47. The van der Waals surface area contributed by atoms with Gasteiger partial charge in [-0.15, -0.1) is 0 Å². The van der Waals surface area contributed by atoms with Crippen molar-refractivity contribution in [2.24, 2.45) is 7.05 Å². The number of piperidine rings is 1. The van der Waals surface area contributed by atoms with Gasteiger partial charge in [0.15, 0.2) is 0 Å². The van der Waals surface area contributed by atoms with Crippen LogP contribution >= 0.6 is 0 Å². The Morgan fingerprint density at radius 3 is 2.52 bits per heavy atom. The Hall–Kier alpha value is -2.73. The highest BCUT2D eigenvalue weighted by atomic mass is 15.3. The second-order valence-corrected chi connectivity index (χ2v) is 8.65. The summed E-state index contributed by atoms with van der Waals surface area (Å²) >= 11 is 0. The molecular weight excluding hydrogens is 360 g/mol. The molecule has 6 heteroatoms. The van der Waals surface area contributed by atoms with E-state index in [1.54, 1.807) is 0 Å². The summed E-state index contributed by atoms with van der Waals surface area (Å²) in [6.07, 6.45) is 10.3. The highest BCUT2D eigenvalue weighted by molar-refractivity contribution is 5.46. The summed E-state index contributed by atoms with van der Waals surface area (Å²) in [5, 5.41) is 4.31. The minimum absolute atomic E-state index is 0.175. The molecule has 1 spiro atoms. The molecule has 3 aromatic rings. The SMILES string of the molecule is Cc1cnc(N2Cc3ccccc3C3(CCN(Cc4cnn(C)c4)CC3)C2)nc1. The second-order valence-electron chi connectivity index (χ2n) is 8.65. The van der Waals surface area contributed by atoms with E-state index in [1.165, 1.54) is 16.7 Å². The predicted octanol–water partition coefficient (Wildman–Crippen LogP) is 3.07. The van der Waals surface area contributed by atoms with Crippen LogP contribution in [0.1, 0.15) is 35.1 Å². The minimum Gasteiger partial charge on any atom is -0.336 e. The van der Waals surface area contributed by atoms with Crippen molar-refractivity contribution >= 4 is 5.95 Å². The Balaban J connectivity index is 1.38. The number of aryl methyl sites for hydroxylation is 2. The van der Waals surface area contributed by atoms with Crippen LogP contribution < -0.4 is 4.90 Å². The van der Waals surface area contributed by atoms with Crippen LogP contribution in [0.2, 0.25) is 0 Å². The van der Waals surface area contributed by atoms with Gasteiger partial charge in [0.05, 0.1) is 6.20 Å². The first-order valence-electron chi connectivity index (χ1n) is 10.4. The fourth-order valence-corrected chi connectivity index (χ4v) is 4.96. The molecule has 5 rings (SSSR count). The summed E-state index contributed by atoms with van der Waals surface area (Å²) in [4.78, 5) is 14.2. The van der Waals surface area contributed by atoms with E-state index in [0.29, 0.717) is 0 Å². The maximum atomic E-state index is 4.62. The number of hydrogen-bond donors (Lipinski definition) is 0. The van der Waals surface area contributed by atoms with Gasteiger partial charge in [0.2, 0.25) is 5.95 Å². The zero-order chi connectivity index (χ0) is 19.8. The van der Waals surface area contributed by atoms with Crippen molar-refractivity contribution in [1.82, 2.24) is 24.6 Å². The minimum atomic E-state index is 0.175. The van der Waals surface area contributed by atoms with Gasteiger partial charge in [0.1, 0.15) is 0 Å². The van der Waals surface area contributed by atoms with E-state index in [9.17, 15) is 0 Å². The quantitative estimate of drug-likeness (QED) is 0.690. The smallest absolute Gasteiger partial charge is 0.225 e. The number of hydrogen-bond acceptors (Lipinski definition) is 5. The summed E-state index contributed by atoms with van der Waals surface area (Å²) in [7, 11) is 1.98. The van der Waals surface area contributed by atoms with Crippen LogP contribution in [-0.2, 0) is 25.6 Å². The molecule has 2 aliphatic heterocycles. The molecule has 0 amide bonds. The van der Waals surface area contributed by atoms with E-state index in [0.717, 1.165) is 57.1 Å². The largest absolute Gasteiger partial charge is 0.336 e. The summed E-state index contributed by atoms with van der Waals surface area (Å²) in [6, 6.07) is 8.98. The summed E-state index contributed by atoms with van der Waals surface area (Å²) in [5.74, 6) is 0.849. The van der Waals surface area contributed by atoms with Crippen LogP contribution in [0.25, 0.3) is 0 Å². The first-order chi connectivity index (χ1) is 14.1. The lowest BCUT2D eigenvalue weighted by Crippen LogP contribution is -2.52. The topological polar surface area (TPSA) is 50.1 Å². The van der Waals surface area contributed by atoms with Gasteiger partial charge in [-0.3, -0.25) is 9.58 Å². The van der Waals surface area contributed by atoms with E-state index in [4.69, 9.17) is 0 Å². The molecular formula is C23H28N6. The molecule has 6 nitrogen and oxygen atoms in total. The molecule has 2 aromatic heterocycles. The second kappa shape index (κ2) is 7.26. The molecule has 0 aliphatic carbocycles. The van der Waals surface area contributed by atoms with Crippen molar-refractivity contribution in [3.8, 4) is 0 Å². The van der Waals surface area contributed by atoms with Gasteiger partial charge in [-0.25, -0.2) is 9.97 Å². The molecule has 0 unspecified atom stereocenters. The van der Waals surface area contributed by atoms with Crippen LogP contribution in [-0.4, -0.2) is 44.3 Å². The molecule has 29 heavy (non-hydrogen) atoms. The van der Waals surface area contributed by atoms with E-state index in [-0.39, 0.29) is 5.41 Å². The van der Waals surface area contributed by atoms with Gasteiger partial charge < -0.3 is 4.90 Å². The lowest BCUT2D eigenvalue weighted by molar-refractivity contribution is 0.150.